The molecule has 4 heteroatoms. The summed E-state index contributed by atoms with van der Waals surface area (Å²) in [4.78, 5) is 0. The minimum Gasteiger partial charge on any atom is -0.385 e. The van der Waals surface area contributed by atoms with E-state index in [2.05, 4.69) is 23.7 Å². The van der Waals surface area contributed by atoms with Crippen molar-refractivity contribution in [2.24, 2.45) is 5.41 Å². The molecule has 0 saturated heterocycles. The fourth-order valence-electron chi connectivity index (χ4n) is 2.05. The lowest BCUT2D eigenvalue weighted by Gasteiger charge is -2.19. The molecule has 1 aromatic rings. The van der Waals surface area contributed by atoms with Crippen LogP contribution < -0.4 is 5.32 Å². The minimum atomic E-state index is 0.388. The van der Waals surface area contributed by atoms with Crippen LogP contribution in [0.4, 0.5) is 0 Å². The van der Waals surface area contributed by atoms with Crippen molar-refractivity contribution in [2.75, 3.05) is 20.3 Å². The number of nitrogens with one attached hydrogen (secondary N) is 1. The largest absolute Gasteiger partial charge is 0.385 e. The van der Waals surface area contributed by atoms with E-state index in [-0.39, 0.29) is 0 Å². The number of ether oxygens (including phenoxy) is 1. The van der Waals surface area contributed by atoms with E-state index in [1.807, 2.05) is 0 Å². The highest BCUT2D eigenvalue weighted by Crippen LogP contribution is 2.48. The monoisotopic (exact) mass is 273 g/mol. The highest BCUT2D eigenvalue weighted by atomic mass is 35.5. The van der Waals surface area contributed by atoms with Crippen molar-refractivity contribution in [1.29, 1.82) is 0 Å². The Labute approximate surface area is 112 Å². The molecule has 2 rings (SSSR count). The van der Waals surface area contributed by atoms with E-state index in [1.165, 1.54) is 24.8 Å². The van der Waals surface area contributed by atoms with Crippen LogP contribution in [0, 0.1) is 5.41 Å². The van der Waals surface area contributed by atoms with Gasteiger partial charge in [-0.2, -0.15) is 0 Å². The average molecular weight is 274 g/mol. The summed E-state index contributed by atoms with van der Waals surface area (Å²) in [6.45, 7) is 4.16. The van der Waals surface area contributed by atoms with E-state index in [0.29, 0.717) is 11.5 Å². The van der Waals surface area contributed by atoms with Gasteiger partial charge in [0.05, 0.1) is 4.34 Å². The molecule has 96 valence electrons. The molecule has 1 saturated carbocycles. The maximum atomic E-state index is 5.95. The molecule has 2 nitrogen and oxygen atoms in total. The van der Waals surface area contributed by atoms with Crippen LogP contribution in [-0.2, 0) is 4.74 Å². The topological polar surface area (TPSA) is 21.3 Å². The van der Waals surface area contributed by atoms with Crippen LogP contribution in [0.15, 0.2) is 11.4 Å². The number of methoxy groups -OCH3 is 1. The predicted octanol–water partition coefficient (Wildman–Crippen LogP) is 3.87. The lowest BCUT2D eigenvalue weighted by Crippen LogP contribution is -2.27. The fraction of sp³-hybridized carbons (Fsp3) is 0.692. The molecule has 1 unspecified atom stereocenters. The molecule has 17 heavy (non-hydrogen) atoms. The van der Waals surface area contributed by atoms with Gasteiger partial charge in [-0.25, -0.2) is 0 Å². The lowest BCUT2D eigenvalue weighted by atomic mass is 10.0. The number of hydrogen-bond acceptors (Lipinski definition) is 3. The van der Waals surface area contributed by atoms with Crippen molar-refractivity contribution in [3.05, 3.63) is 21.3 Å². The van der Waals surface area contributed by atoms with Gasteiger partial charge in [-0.15, -0.1) is 11.3 Å². The molecule has 1 aliphatic carbocycles. The van der Waals surface area contributed by atoms with Crippen molar-refractivity contribution in [3.63, 3.8) is 0 Å². The molecule has 0 bridgehead atoms. The van der Waals surface area contributed by atoms with Crippen LogP contribution in [0.25, 0.3) is 0 Å². The Balaban J connectivity index is 1.78. The first kappa shape index (κ1) is 13.3. The van der Waals surface area contributed by atoms with Crippen molar-refractivity contribution in [2.45, 2.75) is 32.2 Å². The van der Waals surface area contributed by atoms with Gasteiger partial charge in [0.15, 0.2) is 0 Å². The van der Waals surface area contributed by atoms with Gasteiger partial charge in [-0.3, -0.25) is 0 Å². The number of halogens is 1. The third-order valence-corrected chi connectivity index (χ3v) is 4.77. The SMILES string of the molecule is COCCC1(CNC(C)c2csc(Cl)c2)CC1. The molecule has 1 atom stereocenters. The highest BCUT2D eigenvalue weighted by molar-refractivity contribution is 7.14. The van der Waals surface area contributed by atoms with Gasteiger partial charge in [0.25, 0.3) is 0 Å². The minimum absolute atomic E-state index is 0.388. The van der Waals surface area contributed by atoms with Crippen molar-refractivity contribution >= 4 is 22.9 Å². The maximum absolute atomic E-state index is 5.95. The molecule has 1 fully saturated rings. The summed E-state index contributed by atoms with van der Waals surface area (Å²) in [5, 5.41) is 5.75. The van der Waals surface area contributed by atoms with Gasteiger partial charge in [-0.05, 0) is 48.6 Å². The molecule has 0 aliphatic heterocycles. The van der Waals surface area contributed by atoms with E-state index < -0.39 is 0 Å². The van der Waals surface area contributed by atoms with Gasteiger partial charge in [0, 0.05) is 26.3 Å². The molecule has 0 radical (unpaired) electrons. The Hall–Kier alpha value is -0.0900. The Morgan fingerprint density at radius 2 is 2.35 bits per heavy atom. The zero-order chi connectivity index (χ0) is 12.3. The molecule has 1 aromatic heterocycles. The first-order valence-electron chi connectivity index (χ1n) is 6.11. The highest BCUT2D eigenvalue weighted by Gasteiger charge is 2.41. The Kier molecular flexibility index (Phi) is 4.47. The molecule has 0 spiro atoms. The van der Waals surface area contributed by atoms with E-state index in [1.54, 1.807) is 18.4 Å². The van der Waals surface area contributed by atoms with Crippen LogP contribution in [0.2, 0.25) is 4.34 Å². The predicted molar refractivity (Wildman–Crippen MR) is 73.9 cm³/mol. The summed E-state index contributed by atoms with van der Waals surface area (Å²) in [7, 11) is 1.78. The smallest absolute Gasteiger partial charge is 0.0931 e. The van der Waals surface area contributed by atoms with E-state index in [4.69, 9.17) is 16.3 Å². The van der Waals surface area contributed by atoms with Gasteiger partial charge in [0.1, 0.15) is 0 Å². The van der Waals surface area contributed by atoms with E-state index in [9.17, 15) is 0 Å². The third-order valence-electron chi connectivity index (χ3n) is 3.66. The second kappa shape index (κ2) is 5.70. The second-order valence-electron chi connectivity index (χ2n) is 5.03. The summed E-state index contributed by atoms with van der Waals surface area (Å²) in [6.07, 6.45) is 3.84. The average Bonchev–Trinajstić information content (AvgIpc) is 2.97. The summed E-state index contributed by atoms with van der Waals surface area (Å²) in [5.74, 6) is 0. The van der Waals surface area contributed by atoms with Crippen LogP contribution in [0.1, 0.15) is 37.8 Å². The number of rotatable bonds is 7. The van der Waals surface area contributed by atoms with Crippen LogP contribution >= 0.6 is 22.9 Å². The Morgan fingerprint density at radius 1 is 1.59 bits per heavy atom. The van der Waals surface area contributed by atoms with Crippen LogP contribution in [-0.4, -0.2) is 20.3 Å². The van der Waals surface area contributed by atoms with Crippen molar-refractivity contribution in [1.82, 2.24) is 5.32 Å². The molecule has 1 heterocycles. The Bertz CT molecular complexity index is 362. The van der Waals surface area contributed by atoms with E-state index in [0.717, 1.165) is 17.5 Å². The van der Waals surface area contributed by atoms with Gasteiger partial charge in [-0.1, -0.05) is 11.6 Å². The quantitative estimate of drug-likeness (QED) is 0.814. The first-order valence-corrected chi connectivity index (χ1v) is 7.37. The molecule has 1 N–H and O–H groups in total. The zero-order valence-electron chi connectivity index (χ0n) is 10.5. The first-order chi connectivity index (χ1) is 8.15. The molecular weight excluding hydrogens is 254 g/mol. The number of hydrogen-bond donors (Lipinski definition) is 1. The fourth-order valence-corrected chi connectivity index (χ4v) is 3.03. The summed E-state index contributed by atoms with van der Waals surface area (Å²) < 4.78 is 6.04. The summed E-state index contributed by atoms with van der Waals surface area (Å²) in [5.41, 5.74) is 1.80. The zero-order valence-corrected chi connectivity index (χ0v) is 12.0. The summed E-state index contributed by atoms with van der Waals surface area (Å²) in [6, 6.07) is 2.44. The summed E-state index contributed by atoms with van der Waals surface area (Å²) >= 11 is 7.55. The standard InChI is InChI=1S/C13H20ClNOS/c1-10(11-7-12(14)17-8-11)15-9-13(3-4-13)5-6-16-2/h7-8,10,15H,3-6,9H2,1-2H3. The normalized spacial score (nSPS) is 19.2. The molecule has 1 aliphatic rings. The third kappa shape index (κ3) is 3.68. The van der Waals surface area contributed by atoms with Crippen molar-refractivity contribution < 1.29 is 4.74 Å². The Morgan fingerprint density at radius 3 is 2.88 bits per heavy atom. The number of thiophene rings is 1. The molecule has 0 aromatic carbocycles. The van der Waals surface area contributed by atoms with E-state index >= 15 is 0 Å². The van der Waals surface area contributed by atoms with Gasteiger partial charge >= 0.3 is 0 Å². The van der Waals surface area contributed by atoms with Gasteiger partial charge < -0.3 is 10.1 Å². The van der Waals surface area contributed by atoms with Crippen LogP contribution in [0.3, 0.4) is 0 Å². The lowest BCUT2D eigenvalue weighted by molar-refractivity contribution is 0.170. The van der Waals surface area contributed by atoms with Crippen LogP contribution in [0.5, 0.6) is 0 Å². The molecule has 0 amide bonds. The van der Waals surface area contributed by atoms with Gasteiger partial charge in [0.2, 0.25) is 0 Å². The molecular formula is C13H20ClNOS. The second-order valence-corrected chi connectivity index (χ2v) is 6.57. The van der Waals surface area contributed by atoms with Crippen molar-refractivity contribution in [3.8, 4) is 0 Å². The maximum Gasteiger partial charge on any atom is 0.0931 e.